The van der Waals surface area contributed by atoms with Crippen molar-refractivity contribution in [1.29, 1.82) is 0 Å². The lowest BCUT2D eigenvalue weighted by Gasteiger charge is -2.12. The van der Waals surface area contributed by atoms with Gasteiger partial charge in [-0.15, -0.1) is 0 Å². The van der Waals surface area contributed by atoms with Crippen molar-refractivity contribution < 1.29 is 9.90 Å². The minimum absolute atomic E-state index is 0.293. The molecule has 0 aromatic carbocycles. The second-order valence-electron chi connectivity index (χ2n) is 4.73. The molecule has 0 aliphatic carbocycles. The van der Waals surface area contributed by atoms with Crippen LogP contribution >= 0.6 is 0 Å². The normalized spacial score (nSPS) is 13.0. The molecule has 0 aromatic heterocycles. The minimum atomic E-state index is -0.689. The van der Waals surface area contributed by atoms with E-state index in [0.717, 1.165) is 38.9 Å². The lowest BCUT2D eigenvalue weighted by atomic mass is 10.0. The van der Waals surface area contributed by atoms with E-state index in [1.165, 1.54) is 0 Å². The van der Waals surface area contributed by atoms with Gasteiger partial charge in [0.15, 0.2) is 0 Å². The van der Waals surface area contributed by atoms with Crippen LogP contribution < -0.4 is 5.32 Å². The molecule has 0 radical (unpaired) electrons. The van der Waals surface area contributed by atoms with Gasteiger partial charge in [0.2, 0.25) is 0 Å². The number of carboxylic acid groups (broad SMARTS) is 1. The first-order valence-corrected chi connectivity index (χ1v) is 6.09. The first-order valence-electron chi connectivity index (χ1n) is 6.09. The lowest BCUT2D eigenvalue weighted by Crippen LogP contribution is -2.23. The third kappa shape index (κ3) is 11.5. The number of carboxylic acids is 1. The molecule has 2 N–H and O–H groups in total. The first-order chi connectivity index (χ1) is 7.52. The van der Waals surface area contributed by atoms with Gasteiger partial charge >= 0.3 is 5.97 Å². The molecule has 0 aromatic rings. The molecular formula is C12H26N2O2. The Morgan fingerprint density at radius 3 is 2.56 bits per heavy atom. The molecule has 1 unspecified atom stereocenters. The number of hydrogen-bond acceptors (Lipinski definition) is 3. The van der Waals surface area contributed by atoms with Crippen LogP contribution in [0.3, 0.4) is 0 Å². The molecule has 1 atom stereocenters. The molecule has 0 fully saturated rings. The Morgan fingerprint density at radius 1 is 1.31 bits per heavy atom. The zero-order valence-corrected chi connectivity index (χ0v) is 10.8. The maximum atomic E-state index is 10.4. The van der Waals surface area contributed by atoms with E-state index < -0.39 is 5.97 Å². The average Bonchev–Trinajstić information content (AvgIpc) is 2.19. The van der Waals surface area contributed by atoms with Crippen LogP contribution in [0, 0.1) is 5.92 Å². The Kier molecular flexibility index (Phi) is 9.24. The van der Waals surface area contributed by atoms with Crippen LogP contribution in [0.25, 0.3) is 0 Å². The smallest absolute Gasteiger partial charge is 0.303 e. The van der Waals surface area contributed by atoms with Gasteiger partial charge in [0.25, 0.3) is 0 Å². The van der Waals surface area contributed by atoms with E-state index in [0.29, 0.717) is 12.3 Å². The fourth-order valence-electron chi connectivity index (χ4n) is 1.51. The molecule has 0 bridgehead atoms. The predicted molar refractivity (Wildman–Crippen MR) is 66.7 cm³/mol. The molecule has 4 heteroatoms. The van der Waals surface area contributed by atoms with Crippen molar-refractivity contribution in [2.45, 2.75) is 32.6 Å². The van der Waals surface area contributed by atoms with E-state index in [9.17, 15) is 4.79 Å². The standard InChI is InChI=1S/C12H26N2O2/c1-11(5-6-12(15)16)7-9-13-8-4-10-14(2)3/h11,13H,4-10H2,1-3H3,(H,15,16). The van der Waals surface area contributed by atoms with Gasteiger partial charge in [0, 0.05) is 6.42 Å². The predicted octanol–water partition coefficient (Wildman–Crippen LogP) is 1.42. The minimum Gasteiger partial charge on any atom is -0.481 e. The van der Waals surface area contributed by atoms with Crippen LogP contribution in [0.2, 0.25) is 0 Å². The maximum Gasteiger partial charge on any atom is 0.303 e. The highest BCUT2D eigenvalue weighted by atomic mass is 16.4. The molecule has 0 amide bonds. The molecule has 0 saturated heterocycles. The van der Waals surface area contributed by atoms with Crippen LogP contribution in [0.4, 0.5) is 0 Å². The van der Waals surface area contributed by atoms with Gasteiger partial charge in [-0.2, -0.15) is 0 Å². The molecule has 0 spiro atoms. The summed E-state index contributed by atoms with van der Waals surface area (Å²) >= 11 is 0. The summed E-state index contributed by atoms with van der Waals surface area (Å²) in [7, 11) is 4.15. The van der Waals surface area contributed by atoms with Crippen LogP contribution in [0.5, 0.6) is 0 Å². The Labute approximate surface area is 99.0 Å². The third-order valence-corrected chi connectivity index (χ3v) is 2.62. The zero-order valence-electron chi connectivity index (χ0n) is 10.8. The van der Waals surface area contributed by atoms with Crippen molar-refractivity contribution in [1.82, 2.24) is 10.2 Å². The number of nitrogens with zero attached hydrogens (tertiary/aromatic N) is 1. The fraction of sp³-hybridized carbons (Fsp3) is 0.917. The molecule has 0 aliphatic rings. The Balaban J connectivity index is 3.21. The summed E-state index contributed by atoms with van der Waals surface area (Å²) in [6, 6.07) is 0. The van der Waals surface area contributed by atoms with E-state index >= 15 is 0 Å². The molecule has 16 heavy (non-hydrogen) atoms. The Bertz CT molecular complexity index is 184. The molecule has 0 heterocycles. The quantitative estimate of drug-likeness (QED) is 0.557. The van der Waals surface area contributed by atoms with Gasteiger partial charge in [-0.05, 0) is 58.9 Å². The van der Waals surface area contributed by atoms with E-state index in [1.807, 2.05) is 0 Å². The van der Waals surface area contributed by atoms with E-state index in [2.05, 4.69) is 31.2 Å². The highest BCUT2D eigenvalue weighted by molar-refractivity contribution is 5.66. The Morgan fingerprint density at radius 2 is 2.00 bits per heavy atom. The SMILES string of the molecule is CC(CCNCCCN(C)C)CCC(=O)O. The summed E-state index contributed by atoms with van der Waals surface area (Å²) in [5, 5.41) is 11.9. The molecule has 4 nitrogen and oxygen atoms in total. The number of nitrogens with one attached hydrogen (secondary N) is 1. The monoisotopic (exact) mass is 230 g/mol. The zero-order chi connectivity index (χ0) is 12.4. The topological polar surface area (TPSA) is 52.6 Å². The first kappa shape index (κ1) is 15.4. The summed E-state index contributed by atoms with van der Waals surface area (Å²) in [4.78, 5) is 12.5. The largest absolute Gasteiger partial charge is 0.481 e. The molecule has 0 rings (SSSR count). The summed E-state index contributed by atoms with van der Waals surface area (Å²) in [6.07, 6.45) is 3.31. The van der Waals surface area contributed by atoms with E-state index in [4.69, 9.17) is 5.11 Å². The number of rotatable bonds is 10. The number of hydrogen-bond donors (Lipinski definition) is 2. The highest BCUT2D eigenvalue weighted by Crippen LogP contribution is 2.08. The van der Waals surface area contributed by atoms with E-state index in [1.54, 1.807) is 0 Å². The molecule has 0 saturated carbocycles. The molecule has 0 aliphatic heterocycles. The molecule has 96 valence electrons. The number of carbonyl (C=O) groups is 1. The number of aliphatic carboxylic acids is 1. The van der Waals surface area contributed by atoms with Gasteiger partial charge in [0.05, 0.1) is 0 Å². The summed E-state index contributed by atoms with van der Waals surface area (Å²) < 4.78 is 0. The second kappa shape index (κ2) is 9.60. The van der Waals surface area contributed by atoms with Crippen molar-refractivity contribution in [3.05, 3.63) is 0 Å². The lowest BCUT2D eigenvalue weighted by molar-refractivity contribution is -0.137. The van der Waals surface area contributed by atoms with Gasteiger partial charge in [0.1, 0.15) is 0 Å². The highest BCUT2D eigenvalue weighted by Gasteiger charge is 2.04. The Hall–Kier alpha value is -0.610. The van der Waals surface area contributed by atoms with Crippen LogP contribution in [0.1, 0.15) is 32.6 Å². The van der Waals surface area contributed by atoms with Crippen molar-refractivity contribution in [2.75, 3.05) is 33.7 Å². The van der Waals surface area contributed by atoms with Crippen LogP contribution in [-0.2, 0) is 4.79 Å². The summed E-state index contributed by atoms with van der Waals surface area (Å²) in [5.74, 6) is -0.191. The summed E-state index contributed by atoms with van der Waals surface area (Å²) in [6.45, 7) is 5.27. The second-order valence-corrected chi connectivity index (χ2v) is 4.73. The van der Waals surface area contributed by atoms with Gasteiger partial charge in [-0.1, -0.05) is 6.92 Å². The molecular weight excluding hydrogens is 204 g/mol. The van der Waals surface area contributed by atoms with Crippen LogP contribution in [0.15, 0.2) is 0 Å². The van der Waals surface area contributed by atoms with Crippen molar-refractivity contribution in [3.8, 4) is 0 Å². The van der Waals surface area contributed by atoms with E-state index in [-0.39, 0.29) is 0 Å². The summed E-state index contributed by atoms with van der Waals surface area (Å²) in [5.41, 5.74) is 0. The third-order valence-electron chi connectivity index (χ3n) is 2.62. The van der Waals surface area contributed by atoms with Crippen molar-refractivity contribution in [3.63, 3.8) is 0 Å². The van der Waals surface area contributed by atoms with Gasteiger partial charge in [-0.3, -0.25) is 4.79 Å². The maximum absolute atomic E-state index is 10.4. The van der Waals surface area contributed by atoms with Crippen LogP contribution in [-0.4, -0.2) is 49.7 Å². The fourth-order valence-corrected chi connectivity index (χ4v) is 1.51. The van der Waals surface area contributed by atoms with Crippen molar-refractivity contribution in [2.24, 2.45) is 5.92 Å². The van der Waals surface area contributed by atoms with Gasteiger partial charge in [-0.25, -0.2) is 0 Å². The van der Waals surface area contributed by atoms with Gasteiger partial charge < -0.3 is 15.3 Å². The van der Waals surface area contributed by atoms with Crippen molar-refractivity contribution >= 4 is 5.97 Å². The average molecular weight is 230 g/mol.